The van der Waals surface area contributed by atoms with Crippen LogP contribution in [0.3, 0.4) is 0 Å². The molecule has 0 unspecified atom stereocenters. The summed E-state index contributed by atoms with van der Waals surface area (Å²) >= 11 is 0. The van der Waals surface area contributed by atoms with E-state index in [0.29, 0.717) is 13.0 Å². The van der Waals surface area contributed by atoms with Crippen molar-refractivity contribution in [3.05, 3.63) is 140 Å². The summed E-state index contributed by atoms with van der Waals surface area (Å²) in [6.45, 7) is 31.6. The van der Waals surface area contributed by atoms with E-state index in [4.69, 9.17) is 4.74 Å². The van der Waals surface area contributed by atoms with Crippen molar-refractivity contribution < 1.29 is 9.53 Å². The van der Waals surface area contributed by atoms with Crippen molar-refractivity contribution >= 4 is 5.97 Å². The number of carbonyl (C=O) groups is 1. The van der Waals surface area contributed by atoms with Crippen molar-refractivity contribution in [2.45, 2.75) is 238 Å². The number of allylic oxidation sites excluding steroid dienone is 23. The van der Waals surface area contributed by atoms with Gasteiger partial charge in [-0.3, -0.25) is 4.79 Å². The average molecular weight is 877 g/mol. The second-order valence-corrected chi connectivity index (χ2v) is 19.7. The normalized spacial score (nSPS) is 14.3. The van der Waals surface area contributed by atoms with Crippen LogP contribution >= 0.6 is 0 Å². The smallest absolute Gasteiger partial charge is 0.306 e. The first-order valence-corrected chi connectivity index (χ1v) is 25.4. The Balaban J connectivity index is 4.26. The third-order valence-electron chi connectivity index (χ3n) is 12.0. The maximum atomic E-state index is 12.3. The molecule has 0 saturated carbocycles. The number of esters is 1. The van der Waals surface area contributed by atoms with Gasteiger partial charge >= 0.3 is 5.97 Å². The molecule has 0 heterocycles. The van der Waals surface area contributed by atoms with Crippen LogP contribution < -0.4 is 0 Å². The number of ether oxygens (including phenoxy) is 1. The Bertz CT molecular complexity index is 1690. The van der Waals surface area contributed by atoms with E-state index in [2.05, 4.69) is 170 Å². The van der Waals surface area contributed by atoms with Gasteiger partial charge in [0.1, 0.15) is 6.61 Å². The first-order chi connectivity index (χ1) is 30.5. The van der Waals surface area contributed by atoms with Gasteiger partial charge in [0, 0.05) is 6.42 Å². The van der Waals surface area contributed by atoms with E-state index in [-0.39, 0.29) is 5.97 Å². The van der Waals surface area contributed by atoms with Crippen molar-refractivity contribution in [2.75, 3.05) is 6.61 Å². The van der Waals surface area contributed by atoms with Gasteiger partial charge < -0.3 is 4.74 Å². The third kappa shape index (κ3) is 41.1. The molecule has 0 fully saturated rings. The van der Waals surface area contributed by atoms with Gasteiger partial charge in [0.15, 0.2) is 0 Å². The van der Waals surface area contributed by atoms with Gasteiger partial charge in [-0.05, 0) is 238 Å². The van der Waals surface area contributed by atoms with E-state index < -0.39 is 0 Å². The highest BCUT2D eigenvalue weighted by atomic mass is 16.5. The van der Waals surface area contributed by atoms with Gasteiger partial charge in [0.2, 0.25) is 0 Å². The minimum Gasteiger partial charge on any atom is -0.461 e. The molecule has 0 N–H and O–H groups in total. The average Bonchev–Trinajstić information content (AvgIpc) is 3.20. The quantitative estimate of drug-likeness (QED) is 0.0468. The lowest BCUT2D eigenvalue weighted by Crippen LogP contribution is -2.04. The van der Waals surface area contributed by atoms with Gasteiger partial charge in [-0.15, -0.1) is 0 Å². The van der Waals surface area contributed by atoms with E-state index in [1.54, 1.807) is 0 Å². The Kier molecular flexibility index (Phi) is 37.4. The fourth-order valence-electron chi connectivity index (χ4n) is 7.35. The van der Waals surface area contributed by atoms with Crippen LogP contribution in [0.1, 0.15) is 238 Å². The molecule has 2 heteroatoms. The van der Waals surface area contributed by atoms with Crippen LogP contribution in [0.25, 0.3) is 0 Å². The molecular formula is C62H100O2. The Morgan fingerprint density at radius 3 is 0.625 bits per heavy atom. The van der Waals surface area contributed by atoms with E-state index in [0.717, 1.165) is 109 Å². The monoisotopic (exact) mass is 877 g/mol. The van der Waals surface area contributed by atoms with Crippen LogP contribution in [0.2, 0.25) is 0 Å². The van der Waals surface area contributed by atoms with Crippen LogP contribution in [0.4, 0.5) is 0 Å². The number of rotatable bonds is 35. The summed E-state index contributed by atoms with van der Waals surface area (Å²) in [6, 6.07) is 0. The third-order valence-corrected chi connectivity index (χ3v) is 12.0. The molecule has 0 radical (unpaired) electrons. The topological polar surface area (TPSA) is 26.3 Å². The predicted octanol–water partition coefficient (Wildman–Crippen LogP) is 20.5. The highest BCUT2D eigenvalue weighted by Gasteiger charge is 2.02. The zero-order valence-corrected chi connectivity index (χ0v) is 44.5. The van der Waals surface area contributed by atoms with Gasteiger partial charge in [0.25, 0.3) is 0 Å². The molecule has 0 aromatic carbocycles. The molecule has 0 spiro atoms. The lowest BCUT2D eigenvalue weighted by Gasteiger charge is -2.05. The molecule has 360 valence electrons. The number of hydrogen-bond acceptors (Lipinski definition) is 2. The first-order valence-electron chi connectivity index (χ1n) is 25.4. The molecule has 0 atom stereocenters. The van der Waals surface area contributed by atoms with E-state index in [1.807, 2.05) is 0 Å². The lowest BCUT2D eigenvalue weighted by atomic mass is 10.0. The Labute approximate surface area is 398 Å². The molecule has 0 aliphatic rings. The molecule has 0 bridgehead atoms. The minimum atomic E-state index is -0.114. The van der Waals surface area contributed by atoms with E-state index in [1.165, 1.54) is 92.6 Å². The molecule has 2 nitrogen and oxygen atoms in total. The van der Waals surface area contributed by atoms with Crippen molar-refractivity contribution in [1.29, 1.82) is 0 Å². The molecule has 0 saturated heterocycles. The molecule has 0 aromatic heterocycles. The molecular weight excluding hydrogens is 777 g/mol. The number of hydrogen-bond donors (Lipinski definition) is 0. The SMILES string of the molecule is CC(C)=CCC/C(C)=C\CC/C(C)=C\CCC(=O)OC/C=C(/C)CC/C=C(\C)CC/C=C(\C)CC/C=C(\C)CC/C=C(\C)CC/C=C(/C)CC/C=C(\C)CC/C=C(/C)CCC=C(C)C. The van der Waals surface area contributed by atoms with Gasteiger partial charge in [-0.2, -0.15) is 0 Å². The van der Waals surface area contributed by atoms with Crippen LogP contribution in [-0.2, 0) is 9.53 Å². The summed E-state index contributed by atoms with van der Waals surface area (Å²) in [5, 5.41) is 0. The maximum absolute atomic E-state index is 12.3. The van der Waals surface area contributed by atoms with Gasteiger partial charge in [-0.1, -0.05) is 134 Å². The Hall–Kier alpha value is -3.65. The Morgan fingerprint density at radius 1 is 0.250 bits per heavy atom. The van der Waals surface area contributed by atoms with Crippen LogP contribution in [0.15, 0.2) is 140 Å². The van der Waals surface area contributed by atoms with Crippen molar-refractivity contribution in [3.63, 3.8) is 0 Å². The summed E-state index contributed by atoms with van der Waals surface area (Å²) in [5.74, 6) is -0.114. The van der Waals surface area contributed by atoms with Gasteiger partial charge in [0.05, 0.1) is 0 Å². The molecule has 0 amide bonds. The fraction of sp³-hybridized carbons (Fsp3) is 0.597. The summed E-state index contributed by atoms with van der Waals surface area (Å²) in [4.78, 5) is 12.3. The summed E-state index contributed by atoms with van der Waals surface area (Å²) < 4.78 is 5.49. The highest BCUT2D eigenvalue weighted by Crippen LogP contribution is 2.18. The molecule has 0 aromatic rings. The summed E-state index contributed by atoms with van der Waals surface area (Å²) in [7, 11) is 0. The number of carbonyl (C=O) groups excluding carboxylic acids is 1. The van der Waals surface area contributed by atoms with Crippen molar-refractivity contribution in [1.82, 2.24) is 0 Å². The van der Waals surface area contributed by atoms with Crippen LogP contribution in [0.5, 0.6) is 0 Å². The zero-order chi connectivity index (χ0) is 48.0. The fourth-order valence-corrected chi connectivity index (χ4v) is 7.35. The van der Waals surface area contributed by atoms with Crippen LogP contribution in [0, 0.1) is 0 Å². The van der Waals surface area contributed by atoms with Crippen LogP contribution in [-0.4, -0.2) is 12.6 Å². The predicted molar refractivity (Wildman–Crippen MR) is 289 cm³/mol. The maximum Gasteiger partial charge on any atom is 0.306 e. The minimum absolute atomic E-state index is 0.114. The van der Waals surface area contributed by atoms with E-state index in [9.17, 15) is 4.79 Å². The second-order valence-electron chi connectivity index (χ2n) is 19.7. The molecule has 64 heavy (non-hydrogen) atoms. The van der Waals surface area contributed by atoms with Gasteiger partial charge in [-0.25, -0.2) is 0 Å². The molecule has 0 aliphatic heterocycles. The molecule has 0 aliphatic carbocycles. The zero-order valence-electron chi connectivity index (χ0n) is 44.5. The highest BCUT2D eigenvalue weighted by molar-refractivity contribution is 5.69. The summed E-state index contributed by atoms with van der Waals surface area (Å²) in [5.41, 5.74) is 17.4. The Morgan fingerprint density at radius 2 is 0.422 bits per heavy atom. The lowest BCUT2D eigenvalue weighted by molar-refractivity contribution is -0.142. The van der Waals surface area contributed by atoms with Crippen molar-refractivity contribution in [2.24, 2.45) is 0 Å². The second kappa shape index (κ2) is 39.7. The first kappa shape index (κ1) is 60.4. The molecule has 0 rings (SSSR count). The largest absolute Gasteiger partial charge is 0.461 e. The van der Waals surface area contributed by atoms with E-state index >= 15 is 0 Å². The summed E-state index contributed by atoms with van der Waals surface area (Å²) in [6.07, 6.45) is 52.0. The van der Waals surface area contributed by atoms with Crippen molar-refractivity contribution in [3.8, 4) is 0 Å². The standard InChI is InChI=1S/C62H100O2/c1-50(2)26-15-28-52(5)30-17-32-54(7)33-19-34-55(8)35-20-36-56(9)37-21-38-57(10)39-22-40-58(11)41-23-42-59(12)44-24-45-61(14)48-49-64-62(63)47-25-46-60(13)43-18-31-53(6)29-16-27-51(3)4/h26-27,30-31,33,35,37,39,41,44,46,48H,15-25,28-29,32,34,36,38,40,42-43,45,47,49H2,1-14H3/b52-30-,53-31-,54-33+,55-35-,56-37+,57-39+,58-41+,59-44+,60-46-,61-48-.